The summed E-state index contributed by atoms with van der Waals surface area (Å²) in [7, 11) is 1.59. The van der Waals surface area contributed by atoms with Crippen molar-refractivity contribution in [3.8, 4) is 5.75 Å². The highest BCUT2D eigenvalue weighted by molar-refractivity contribution is 6.32. The zero-order valence-electron chi connectivity index (χ0n) is 14.1. The lowest BCUT2D eigenvalue weighted by Gasteiger charge is -2.07. The van der Waals surface area contributed by atoms with Crippen LogP contribution in [0.25, 0.3) is 0 Å². The first-order valence-corrected chi connectivity index (χ1v) is 8.25. The van der Waals surface area contributed by atoms with Crippen molar-refractivity contribution in [3.05, 3.63) is 29.8 Å². The molecule has 0 saturated carbocycles. The van der Waals surface area contributed by atoms with E-state index < -0.39 is 11.9 Å². The fourth-order valence-corrected chi connectivity index (χ4v) is 2.11. The molecule has 0 spiro atoms. The Morgan fingerprint density at radius 3 is 2.30 bits per heavy atom. The molecule has 1 N–H and O–H groups in total. The third kappa shape index (κ3) is 8.24. The van der Waals surface area contributed by atoms with Gasteiger partial charge in [0, 0.05) is 6.54 Å². The Kier molecular flexibility index (Phi) is 9.52. The van der Waals surface area contributed by atoms with Crippen LogP contribution in [0.15, 0.2) is 24.3 Å². The average Bonchev–Trinajstić information content (AvgIpc) is 2.59. The highest BCUT2D eigenvalue weighted by Gasteiger charge is 2.14. The van der Waals surface area contributed by atoms with Crippen molar-refractivity contribution in [2.24, 2.45) is 0 Å². The molecule has 0 fully saturated rings. The molecule has 23 heavy (non-hydrogen) atoms. The van der Waals surface area contributed by atoms with Crippen LogP contribution >= 0.6 is 0 Å². The standard InChI is InChI=1S/C18H27NO4/c1-3-4-5-6-7-8-13-23-18(21)17(20)19-14-15-9-11-16(22-2)12-10-15/h9-12H,3-8,13-14H2,1-2H3,(H,19,20). The molecular formula is C18H27NO4. The number of carbonyl (C=O) groups is 2. The van der Waals surface area contributed by atoms with Crippen molar-refractivity contribution in [1.29, 1.82) is 0 Å². The number of carbonyl (C=O) groups excluding carboxylic acids is 2. The van der Waals surface area contributed by atoms with Crippen LogP contribution < -0.4 is 10.1 Å². The van der Waals surface area contributed by atoms with Crippen LogP contribution in [0, 0.1) is 0 Å². The molecule has 0 aliphatic heterocycles. The van der Waals surface area contributed by atoms with Gasteiger partial charge in [-0.2, -0.15) is 0 Å². The third-order valence-corrected chi connectivity index (χ3v) is 3.53. The van der Waals surface area contributed by atoms with Gasteiger partial charge in [0.15, 0.2) is 0 Å². The lowest BCUT2D eigenvalue weighted by atomic mass is 10.1. The summed E-state index contributed by atoms with van der Waals surface area (Å²) in [6.45, 7) is 2.77. The van der Waals surface area contributed by atoms with Gasteiger partial charge in [0.2, 0.25) is 0 Å². The van der Waals surface area contributed by atoms with Crippen molar-refractivity contribution < 1.29 is 19.1 Å². The Bertz CT molecular complexity index is 470. The van der Waals surface area contributed by atoms with E-state index >= 15 is 0 Å². The zero-order chi connectivity index (χ0) is 16.9. The Labute approximate surface area is 138 Å². The van der Waals surface area contributed by atoms with E-state index in [0.29, 0.717) is 6.61 Å². The van der Waals surface area contributed by atoms with Gasteiger partial charge in [-0.05, 0) is 24.1 Å². The molecule has 1 amide bonds. The van der Waals surface area contributed by atoms with E-state index in [2.05, 4.69) is 12.2 Å². The first-order valence-electron chi connectivity index (χ1n) is 8.25. The number of rotatable bonds is 10. The highest BCUT2D eigenvalue weighted by atomic mass is 16.5. The van der Waals surface area contributed by atoms with Gasteiger partial charge in [0.25, 0.3) is 0 Å². The van der Waals surface area contributed by atoms with Crippen molar-refractivity contribution in [2.45, 2.75) is 52.0 Å². The molecule has 5 nitrogen and oxygen atoms in total. The number of ether oxygens (including phenoxy) is 2. The summed E-state index contributed by atoms with van der Waals surface area (Å²) < 4.78 is 10.0. The summed E-state index contributed by atoms with van der Waals surface area (Å²) >= 11 is 0. The molecule has 1 aromatic rings. The number of esters is 1. The first-order chi connectivity index (χ1) is 11.2. The van der Waals surface area contributed by atoms with Crippen LogP contribution in [0.2, 0.25) is 0 Å². The molecule has 0 aliphatic carbocycles. The second-order valence-corrected chi connectivity index (χ2v) is 5.43. The molecule has 0 unspecified atom stereocenters. The van der Waals surface area contributed by atoms with Crippen LogP contribution in [0.1, 0.15) is 51.0 Å². The van der Waals surface area contributed by atoms with Gasteiger partial charge in [-0.3, -0.25) is 4.79 Å². The first kappa shape index (κ1) is 19.0. The molecule has 0 atom stereocenters. The maximum atomic E-state index is 11.6. The number of nitrogens with one attached hydrogen (secondary N) is 1. The van der Waals surface area contributed by atoms with Crippen LogP contribution in [0.3, 0.4) is 0 Å². The van der Waals surface area contributed by atoms with E-state index in [-0.39, 0.29) is 6.54 Å². The van der Waals surface area contributed by atoms with Crippen molar-refractivity contribution in [2.75, 3.05) is 13.7 Å². The molecule has 0 aromatic heterocycles. The molecule has 0 aliphatic rings. The SMILES string of the molecule is CCCCCCCCOC(=O)C(=O)NCc1ccc(OC)cc1. The maximum absolute atomic E-state index is 11.6. The van der Waals surface area contributed by atoms with Gasteiger partial charge < -0.3 is 14.8 Å². The smallest absolute Gasteiger partial charge is 0.396 e. The lowest BCUT2D eigenvalue weighted by molar-refractivity contribution is -0.155. The molecular weight excluding hydrogens is 294 g/mol. The normalized spacial score (nSPS) is 10.2. The number of hydrogen-bond donors (Lipinski definition) is 1. The minimum absolute atomic E-state index is 0.287. The molecule has 5 heteroatoms. The van der Waals surface area contributed by atoms with Crippen LogP contribution in [-0.4, -0.2) is 25.6 Å². The Hall–Kier alpha value is -2.04. The largest absolute Gasteiger partial charge is 0.497 e. The van der Waals surface area contributed by atoms with Gasteiger partial charge in [-0.15, -0.1) is 0 Å². The second kappa shape index (κ2) is 11.5. The minimum atomic E-state index is -0.813. The van der Waals surface area contributed by atoms with E-state index in [4.69, 9.17) is 9.47 Å². The van der Waals surface area contributed by atoms with Crippen molar-refractivity contribution in [3.63, 3.8) is 0 Å². The lowest BCUT2D eigenvalue weighted by Crippen LogP contribution is -2.32. The van der Waals surface area contributed by atoms with E-state index in [1.807, 2.05) is 12.1 Å². The highest BCUT2D eigenvalue weighted by Crippen LogP contribution is 2.11. The van der Waals surface area contributed by atoms with Crippen molar-refractivity contribution >= 4 is 11.9 Å². The molecule has 0 heterocycles. The quantitative estimate of drug-likeness (QED) is 0.408. The van der Waals surface area contributed by atoms with E-state index in [0.717, 1.165) is 30.6 Å². The van der Waals surface area contributed by atoms with Gasteiger partial charge in [-0.1, -0.05) is 51.2 Å². The predicted octanol–water partition coefficient (Wildman–Crippen LogP) is 3.22. The van der Waals surface area contributed by atoms with Gasteiger partial charge in [0.1, 0.15) is 5.75 Å². The summed E-state index contributed by atoms with van der Waals surface area (Å²) in [4.78, 5) is 23.2. The van der Waals surface area contributed by atoms with Crippen LogP contribution in [0.4, 0.5) is 0 Å². The Morgan fingerprint density at radius 2 is 1.65 bits per heavy atom. The van der Waals surface area contributed by atoms with Crippen LogP contribution in [-0.2, 0) is 20.9 Å². The number of amides is 1. The molecule has 1 rings (SSSR count). The number of benzene rings is 1. The van der Waals surface area contributed by atoms with Crippen LogP contribution in [0.5, 0.6) is 5.75 Å². The number of unbranched alkanes of at least 4 members (excludes halogenated alkanes) is 5. The minimum Gasteiger partial charge on any atom is -0.497 e. The number of hydrogen-bond acceptors (Lipinski definition) is 4. The molecule has 0 saturated heterocycles. The zero-order valence-corrected chi connectivity index (χ0v) is 14.1. The topological polar surface area (TPSA) is 64.6 Å². The Balaban J connectivity index is 2.14. The second-order valence-electron chi connectivity index (χ2n) is 5.43. The average molecular weight is 321 g/mol. The summed E-state index contributed by atoms with van der Waals surface area (Å²) in [5.74, 6) is -0.766. The summed E-state index contributed by atoms with van der Waals surface area (Å²) in [5.41, 5.74) is 0.892. The summed E-state index contributed by atoms with van der Waals surface area (Å²) in [5, 5.41) is 2.55. The molecule has 1 aromatic carbocycles. The maximum Gasteiger partial charge on any atom is 0.396 e. The monoisotopic (exact) mass is 321 g/mol. The third-order valence-electron chi connectivity index (χ3n) is 3.53. The van der Waals surface area contributed by atoms with Crippen molar-refractivity contribution in [1.82, 2.24) is 5.32 Å². The molecule has 0 bridgehead atoms. The molecule has 0 radical (unpaired) electrons. The summed E-state index contributed by atoms with van der Waals surface area (Å²) in [6, 6.07) is 7.28. The fraction of sp³-hybridized carbons (Fsp3) is 0.556. The Morgan fingerprint density at radius 1 is 1.00 bits per heavy atom. The summed E-state index contributed by atoms with van der Waals surface area (Å²) in [6.07, 6.45) is 6.65. The van der Waals surface area contributed by atoms with Gasteiger partial charge in [-0.25, -0.2) is 4.79 Å². The van der Waals surface area contributed by atoms with E-state index in [1.165, 1.54) is 19.3 Å². The van der Waals surface area contributed by atoms with E-state index in [1.54, 1.807) is 19.2 Å². The predicted molar refractivity (Wildman–Crippen MR) is 89.2 cm³/mol. The van der Waals surface area contributed by atoms with Gasteiger partial charge in [0.05, 0.1) is 13.7 Å². The molecule has 128 valence electrons. The van der Waals surface area contributed by atoms with E-state index in [9.17, 15) is 9.59 Å². The fourth-order valence-electron chi connectivity index (χ4n) is 2.11. The number of methoxy groups -OCH3 is 1. The van der Waals surface area contributed by atoms with Gasteiger partial charge >= 0.3 is 11.9 Å².